The van der Waals surface area contributed by atoms with E-state index >= 15 is 0 Å². The number of aromatic nitrogens is 3. The normalized spacial score (nSPS) is 14.0. The van der Waals surface area contributed by atoms with Crippen LogP contribution >= 0.6 is 0 Å². The lowest BCUT2D eigenvalue weighted by atomic mass is 10.0. The van der Waals surface area contributed by atoms with E-state index in [2.05, 4.69) is 21.0 Å². The van der Waals surface area contributed by atoms with Crippen LogP contribution in [0.4, 0.5) is 5.82 Å². The summed E-state index contributed by atoms with van der Waals surface area (Å²) in [6.45, 7) is 1.21. The van der Waals surface area contributed by atoms with Gasteiger partial charge in [-0.15, -0.1) is 0 Å². The van der Waals surface area contributed by atoms with Gasteiger partial charge < -0.3 is 15.6 Å². The van der Waals surface area contributed by atoms with Crippen LogP contribution in [0.25, 0.3) is 33.1 Å². The monoisotopic (exact) mass is 382 g/mol. The van der Waals surface area contributed by atoms with E-state index in [1.807, 2.05) is 41.3 Å². The summed E-state index contributed by atoms with van der Waals surface area (Å²) < 4.78 is 0. The van der Waals surface area contributed by atoms with Crippen molar-refractivity contribution >= 4 is 33.7 Å². The molecule has 7 nitrogen and oxygen atoms in total. The fourth-order valence-electron chi connectivity index (χ4n) is 3.90. The number of nitrogens with zero attached hydrogens (tertiary/aromatic N) is 4. The second kappa shape index (κ2) is 6.60. The predicted octanol–water partition coefficient (Wildman–Crippen LogP) is 3.35. The molecule has 2 aromatic carbocycles. The molecule has 0 bridgehead atoms. The van der Waals surface area contributed by atoms with Crippen LogP contribution in [-0.2, 0) is 11.3 Å². The first-order valence-corrected chi connectivity index (χ1v) is 9.48. The second-order valence-electron chi connectivity index (χ2n) is 7.25. The molecule has 1 fully saturated rings. The molecule has 0 radical (unpaired) electrons. The molecule has 142 valence electrons. The van der Waals surface area contributed by atoms with E-state index in [9.17, 15) is 4.79 Å². The molecule has 0 saturated carbocycles. The first kappa shape index (κ1) is 17.2. The summed E-state index contributed by atoms with van der Waals surface area (Å²) >= 11 is 0. The molecule has 1 aliphatic heterocycles. The number of aromatic amines is 1. The van der Waals surface area contributed by atoms with E-state index in [0.717, 1.165) is 40.5 Å². The number of amides is 1. The molecular weight excluding hydrogens is 364 g/mol. The third kappa shape index (κ3) is 2.95. The highest BCUT2D eigenvalue weighted by atomic mass is 16.2. The van der Waals surface area contributed by atoms with E-state index in [1.54, 1.807) is 6.07 Å². The molecule has 3 heterocycles. The van der Waals surface area contributed by atoms with Crippen LogP contribution in [-0.4, -0.2) is 32.3 Å². The number of pyridine rings is 1. The smallest absolute Gasteiger partial charge is 0.223 e. The van der Waals surface area contributed by atoms with Gasteiger partial charge in [0, 0.05) is 18.4 Å². The van der Waals surface area contributed by atoms with Gasteiger partial charge in [-0.25, -0.2) is 9.97 Å². The Morgan fingerprint density at radius 3 is 2.83 bits per heavy atom. The summed E-state index contributed by atoms with van der Waals surface area (Å²) in [6.07, 6.45) is 1.49. The molecule has 3 N–H and O–H groups in total. The number of benzene rings is 2. The van der Waals surface area contributed by atoms with E-state index in [0.29, 0.717) is 35.7 Å². The van der Waals surface area contributed by atoms with Crippen molar-refractivity contribution in [2.24, 2.45) is 0 Å². The summed E-state index contributed by atoms with van der Waals surface area (Å²) in [6, 6.07) is 15.6. The molecular formula is C22H18N6O. The average molecular weight is 382 g/mol. The lowest BCUT2D eigenvalue weighted by molar-refractivity contribution is -0.128. The maximum absolute atomic E-state index is 11.9. The topological polar surface area (TPSA) is 112 Å². The molecule has 2 aromatic heterocycles. The maximum atomic E-state index is 11.9. The Bertz CT molecular complexity index is 1320. The number of fused-ring (bicyclic) bond motifs is 3. The average Bonchev–Trinajstić information content (AvgIpc) is 3.35. The molecule has 5 rings (SSSR count). The Balaban J connectivity index is 1.59. The number of carbonyl (C=O) groups excluding carboxylic acids is 1. The summed E-state index contributed by atoms with van der Waals surface area (Å²) in [7, 11) is 0. The van der Waals surface area contributed by atoms with Crippen molar-refractivity contribution in [3.63, 3.8) is 0 Å². The number of imidazole rings is 1. The first-order valence-electron chi connectivity index (χ1n) is 9.48. The van der Waals surface area contributed by atoms with Crippen LogP contribution in [0.3, 0.4) is 0 Å². The minimum atomic E-state index is 0.158. The zero-order valence-electron chi connectivity index (χ0n) is 15.6. The predicted molar refractivity (Wildman–Crippen MR) is 111 cm³/mol. The van der Waals surface area contributed by atoms with Gasteiger partial charge in [0.05, 0.1) is 29.2 Å². The van der Waals surface area contributed by atoms with Crippen molar-refractivity contribution < 1.29 is 4.79 Å². The Morgan fingerprint density at radius 2 is 2.03 bits per heavy atom. The van der Waals surface area contributed by atoms with Gasteiger partial charge >= 0.3 is 0 Å². The number of rotatable bonds is 3. The Labute approximate surface area is 166 Å². The number of nitriles is 1. The molecule has 1 amide bonds. The molecule has 1 saturated heterocycles. The van der Waals surface area contributed by atoms with Crippen molar-refractivity contribution in [2.75, 3.05) is 12.3 Å². The lowest BCUT2D eigenvalue weighted by Gasteiger charge is -2.12. The highest BCUT2D eigenvalue weighted by Gasteiger charge is 2.22. The Kier molecular flexibility index (Phi) is 3.91. The second-order valence-corrected chi connectivity index (χ2v) is 7.25. The van der Waals surface area contributed by atoms with Crippen LogP contribution in [0, 0.1) is 11.3 Å². The largest absolute Gasteiger partial charge is 0.382 e. The fraction of sp³-hybridized carbons (Fsp3) is 0.182. The number of anilines is 1. The molecule has 1 aliphatic rings. The minimum Gasteiger partial charge on any atom is -0.382 e. The molecule has 0 unspecified atom stereocenters. The van der Waals surface area contributed by atoms with Gasteiger partial charge in [0.1, 0.15) is 11.3 Å². The van der Waals surface area contributed by atoms with Crippen LogP contribution in [0.15, 0.2) is 42.5 Å². The number of nitrogens with one attached hydrogen (secondary N) is 1. The lowest BCUT2D eigenvalue weighted by Crippen LogP contribution is -2.24. The van der Waals surface area contributed by atoms with Crippen molar-refractivity contribution in [3.8, 4) is 17.2 Å². The van der Waals surface area contributed by atoms with Gasteiger partial charge in [0.25, 0.3) is 0 Å². The highest BCUT2D eigenvalue weighted by Crippen LogP contribution is 2.30. The highest BCUT2D eigenvalue weighted by molar-refractivity contribution is 6.07. The van der Waals surface area contributed by atoms with Crippen molar-refractivity contribution in [1.82, 2.24) is 19.9 Å². The minimum absolute atomic E-state index is 0.158. The maximum Gasteiger partial charge on any atom is 0.223 e. The van der Waals surface area contributed by atoms with Gasteiger partial charge in [0.2, 0.25) is 5.91 Å². The van der Waals surface area contributed by atoms with Crippen LogP contribution in [0.1, 0.15) is 24.2 Å². The van der Waals surface area contributed by atoms with Crippen molar-refractivity contribution in [3.05, 3.63) is 53.9 Å². The third-order valence-corrected chi connectivity index (χ3v) is 5.34. The third-order valence-electron chi connectivity index (χ3n) is 5.34. The van der Waals surface area contributed by atoms with Gasteiger partial charge in [-0.05, 0) is 35.7 Å². The van der Waals surface area contributed by atoms with Crippen molar-refractivity contribution in [2.45, 2.75) is 19.4 Å². The zero-order chi connectivity index (χ0) is 20.0. The molecule has 4 aromatic rings. The summed E-state index contributed by atoms with van der Waals surface area (Å²) in [5.74, 6) is 1.22. The molecule has 29 heavy (non-hydrogen) atoms. The SMILES string of the molecule is N#Cc1cccc(-c2ccc3c(c2)nc(N)c2nc(CN4CCCC4=O)[nH]c23)c1. The number of carbonyl (C=O) groups is 1. The van der Waals surface area contributed by atoms with Gasteiger partial charge in [0.15, 0.2) is 5.82 Å². The molecule has 0 aliphatic carbocycles. The number of hydrogen-bond donors (Lipinski definition) is 2. The summed E-state index contributed by atoms with van der Waals surface area (Å²) in [5, 5.41) is 10.1. The van der Waals surface area contributed by atoms with E-state index in [4.69, 9.17) is 11.0 Å². The van der Waals surface area contributed by atoms with E-state index < -0.39 is 0 Å². The number of nitrogens with two attached hydrogens (primary N) is 1. The number of H-pyrrole nitrogens is 1. The standard InChI is InChI=1S/C22H18N6O/c23-11-13-3-1-4-14(9-13)15-6-7-16-17(10-15)25-22(24)21-20(16)26-18(27-21)12-28-8-2-5-19(28)29/h1,3-4,6-7,9-10H,2,5,8,12H2,(H2,24,25)(H,26,27). The van der Waals surface area contributed by atoms with Crippen LogP contribution in [0.5, 0.6) is 0 Å². The Hall–Kier alpha value is -3.92. The number of hydrogen-bond acceptors (Lipinski definition) is 5. The molecule has 0 atom stereocenters. The Morgan fingerprint density at radius 1 is 1.17 bits per heavy atom. The van der Waals surface area contributed by atoms with Crippen LogP contribution < -0.4 is 5.73 Å². The summed E-state index contributed by atoms with van der Waals surface area (Å²) in [4.78, 5) is 26.2. The first-order chi connectivity index (χ1) is 14.1. The summed E-state index contributed by atoms with van der Waals surface area (Å²) in [5.41, 5.74) is 10.9. The molecule has 0 spiro atoms. The number of nitrogen functional groups attached to an aromatic ring is 1. The van der Waals surface area contributed by atoms with E-state index in [1.165, 1.54) is 0 Å². The van der Waals surface area contributed by atoms with Crippen LogP contribution in [0.2, 0.25) is 0 Å². The zero-order valence-corrected chi connectivity index (χ0v) is 15.6. The number of likely N-dealkylation sites (tertiary alicyclic amines) is 1. The van der Waals surface area contributed by atoms with Gasteiger partial charge in [-0.2, -0.15) is 5.26 Å². The fourth-order valence-corrected chi connectivity index (χ4v) is 3.90. The van der Waals surface area contributed by atoms with Gasteiger partial charge in [-0.1, -0.05) is 24.3 Å². The van der Waals surface area contributed by atoms with E-state index in [-0.39, 0.29) is 5.91 Å². The quantitative estimate of drug-likeness (QED) is 0.564. The van der Waals surface area contributed by atoms with Gasteiger partial charge in [-0.3, -0.25) is 4.79 Å². The van der Waals surface area contributed by atoms with Crippen molar-refractivity contribution in [1.29, 1.82) is 5.26 Å². The molecule has 7 heteroatoms.